The molecule has 0 radical (unpaired) electrons. The van der Waals surface area contributed by atoms with Gasteiger partial charge < -0.3 is 5.11 Å². The van der Waals surface area contributed by atoms with Gasteiger partial charge in [-0.3, -0.25) is 0 Å². The third-order valence-electron chi connectivity index (χ3n) is 3.11. The first kappa shape index (κ1) is 13.4. The fraction of sp³-hybridized carbons (Fsp3) is 0.133. The Labute approximate surface area is 120 Å². The molecule has 21 heavy (non-hydrogen) atoms. The lowest BCUT2D eigenvalue weighted by atomic mass is 10.1. The molecule has 1 unspecified atom stereocenters. The van der Waals surface area contributed by atoms with Gasteiger partial charge in [0, 0.05) is 11.1 Å². The number of aliphatic hydroxyl groups is 1. The second-order valence-electron chi connectivity index (χ2n) is 4.62. The van der Waals surface area contributed by atoms with Gasteiger partial charge in [-0.15, -0.1) is 15.0 Å². The Hall–Kier alpha value is -2.60. The van der Waals surface area contributed by atoms with Gasteiger partial charge in [0.1, 0.15) is 5.69 Å². The predicted octanol–water partition coefficient (Wildman–Crippen LogP) is 2.52. The van der Waals surface area contributed by atoms with Gasteiger partial charge in [-0.2, -0.15) is 0 Å². The number of benzene rings is 2. The highest BCUT2D eigenvalue weighted by molar-refractivity contribution is 5.53. The summed E-state index contributed by atoms with van der Waals surface area (Å²) >= 11 is 0. The molecular weight excluding hydrogens is 271 g/mol. The summed E-state index contributed by atoms with van der Waals surface area (Å²) in [5.41, 5.74) is 1.31. The highest BCUT2D eigenvalue weighted by Crippen LogP contribution is 2.24. The van der Waals surface area contributed by atoms with Crippen LogP contribution in [0.15, 0.2) is 48.5 Å². The molecule has 0 saturated heterocycles. The van der Waals surface area contributed by atoms with Crippen LogP contribution in [0.3, 0.4) is 0 Å². The number of nitrogens with zero attached hydrogens (tertiary/aromatic N) is 4. The summed E-state index contributed by atoms with van der Waals surface area (Å²) in [6.45, 7) is 1.56. The van der Waals surface area contributed by atoms with Crippen molar-refractivity contribution < 1.29 is 9.50 Å². The van der Waals surface area contributed by atoms with Crippen LogP contribution in [-0.2, 0) is 0 Å². The fourth-order valence-electron chi connectivity index (χ4n) is 2.09. The quantitative estimate of drug-likeness (QED) is 0.802. The number of hydrogen-bond donors (Lipinski definition) is 1. The molecule has 1 N–H and O–H groups in total. The van der Waals surface area contributed by atoms with Crippen LogP contribution in [0.1, 0.15) is 18.6 Å². The summed E-state index contributed by atoms with van der Waals surface area (Å²) < 4.78 is 14.1. The first-order valence-electron chi connectivity index (χ1n) is 6.49. The van der Waals surface area contributed by atoms with Crippen LogP contribution in [0.4, 0.5) is 4.39 Å². The maximum absolute atomic E-state index is 14.1. The van der Waals surface area contributed by atoms with Gasteiger partial charge in [0.05, 0.1) is 6.10 Å². The average Bonchev–Trinajstić information content (AvgIpc) is 2.97. The van der Waals surface area contributed by atoms with Gasteiger partial charge in [-0.25, -0.2) is 4.39 Å². The Morgan fingerprint density at radius 1 is 1.10 bits per heavy atom. The molecular formula is C15H13FN4O. The Morgan fingerprint density at radius 3 is 2.57 bits per heavy atom. The molecule has 2 aromatic carbocycles. The smallest absolute Gasteiger partial charge is 0.205 e. The minimum Gasteiger partial charge on any atom is -0.389 e. The van der Waals surface area contributed by atoms with E-state index in [1.54, 1.807) is 13.0 Å². The fourth-order valence-corrected chi connectivity index (χ4v) is 2.09. The first-order chi connectivity index (χ1) is 10.2. The predicted molar refractivity (Wildman–Crippen MR) is 75.2 cm³/mol. The molecule has 1 atom stereocenters. The van der Waals surface area contributed by atoms with Crippen molar-refractivity contribution in [1.82, 2.24) is 20.2 Å². The Kier molecular flexibility index (Phi) is 3.45. The molecule has 3 rings (SSSR count). The standard InChI is InChI=1S/C15H13FN4O/c1-10(21)12-8-5-9-13(16)14(12)20-18-15(17-19-20)11-6-3-2-4-7-11/h2-10,21H,1H3. The number of aliphatic hydroxyl groups excluding tert-OH is 1. The molecule has 0 amide bonds. The van der Waals surface area contributed by atoms with Crippen molar-refractivity contribution in [2.24, 2.45) is 0 Å². The molecule has 1 aromatic heterocycles. The Bertz CT molecular complexity index is 755. The molecule has 0 aliphatic heterocycles. The van der Waals surface area contributed by atoms with Crippen LogP contribution in [0, 0.1) is 5.82 Å². The van der Waals surface area contributed by atoms with Crippen LogP contribution >= 0.6 is 0 Å². The maximum atomic E-state index is 14.1. The van der Waals surface area contributed by atoms with Crippen LogP contribution in [0.2, 0.25) is 0 Å². The third kappa shape index (κ3) is 2.53. The first-order valence-corrected chi connectivity index (χ1v) is 6.49. The minimum absolute atomic E-state index is 0.113. The van der Waals surface area contributed by atoms with E-state index in [0.717, 1.165) is 10.4 Å². The van der Waals surface area contributed by atoms with Crippen molar-refractivity contribution in [3.8, 4) is 17.1 Å². The topological polar surface area (TPSA) is 63.8 Å². The molecule has 0 aliphatic carbocycles. The van der Waals surface area contributed by atoms with Crippen LogP contribution in [0.25, 0.3) is 17.1 Å². The van der Waals surface area contributed by atoms with Crippen molar-refractivity contribution in [3.63, 3.8) is 0 Å². The Balaban J connectivity index is 2.09. The van der Waals surface area contributed by atoms with Gasteiger partial charge >= 0.3 is 0 Å². The number of halogens is 1. The number of rotatable bonds is 3. The molecule has 3 aromatic rings. The monoisotopic (exact) mass is 284 g/mol. The summed E-state index contributed by atoms with van der Waals surface area (Å²) in [6, 6.07) is 13.8. The minimum atomic E-state index is -0.832. The second-order valence-corrected chi connectivity index (χ2v) is 4.62. The zero-order valence-electron chi connectivity index (χ0n) is 11.3. The molecule has 0 spiro atoms. The molecule has 1 heterocycles. The molecule has 106 valence electrons. The van der Waals surface area contributed by atoms with Gasteiger partial charge in [-0.1, -0.05) is 42.5 Å². The van der Waals surface area contributed by atoms with Crippen LogP contribution < -0.4 is 0 Å². The van der Waals surface area contributed by atoms with E-state index in [9.17, 15) is 9.50 Å². The van der Waals surface area contributed by atoms with Crippen LogP contribution in [-0.4, -0.2) is 25.3 Å². The van der Waals surface area contributed by atoms with Gasteiger partial charge in [0.2, 0.25) is 5.82 Å². The summed E-state index contributed by atoms with van der Waals surface area (Å²) in [5, 5.41) is 21.8. The lowest BCUT2D eigenvalue weighted by Gasteiger charge is -2.10. The van der Waals surface area contributed by atoms with Gasteiger partial charge in [-0.05, 0) is 18.2 Å². The van der Waals surface area contributed by atoms with Crippen molar-refractivity contribution in [1.29, 1.82) is 0 Å². The molecule has 0 aliphatic rings. The number of tetrazole rings is 1. The lowest BCUT2D eigenvalue weighted by molar-refractivity contribution is 0.198. The summed E-state index contributed by atoms with van der Waals surface area (Å²) in [7, 11) is 0. The van der Waals surface area contributed by atoms with Gasteiger partial charge in [0.15, 0.2) is 5.82 Å². The third-order valence-corrected chi connectivity index (χ3v) is 3.11. The SMILES string of the molecule is CC(O)c1cccc(F)c1-n1nnc(-c2ccccc2)n1. The van der Waals surface area contributed by atoms with E-state index >= 15 is 0 Å². The molecule has 6 heteroatoms. The zero-order valence-corrected chi connectivity index (χ0v) is 11.3. The largest absolute Gasteiger partial charge is 0.389 e. The molecule has 0 fully saturated rings. The van der Waals surface area contributed by atoms with E-state index in [4.69, 9.17) is 0 Å². The van der Waals surface area contributed by atoms with Crippen LogP contribution in [0.5, 0.6) is 0 Å². The lowest BCUT2D eigenvalue weighted by Crippen LogP contribution is -2.08. The molecule has 0 saturated carbocycles. The van der Waals surface area contributed by atoms with E-state index in [1.165, 1.54) is 12.1 Å². The van der Waals surface area contributed by atoms with E-state index in [0.29, 0.717) is 11.4 Å². The summed E-state index contributed by atoms with van der Waals surface area (Å²) in [5.74, 6) is -0.110. The molecule has 0 bridgehead atoms. The van der Waals surface area contributed by atoms with Crippen molar-refractivity contribution in [2.45, 2.75) is 13.0 Å². The second kappa shape index (κ2) is 5.41. The Morgan fingerprint density at radius 2 is 1.86 bits per heavy atom. The van der Waals surface area contributed by atoms with Crippen molar-refractivity contribution >= 4 is 0 Å². The van der Waals surface area contributed by atoms with E-state index in [2.05, 4.69) is 15.4 Å². The van der Waals surface area contributed by atoms with Crippen molar-refractivity contribution in [3.05, 3.63) is 59.9 Å². The highest BCUT2D eigenvalue weighted by atomic mass is 19.1. The normalized spacial score (nSPS) is 12.3. The number of para-hydroxylation sites is 1. The zero-order chi connectivity index (χ0) is 14.8. The summed E-state index contributed by atoms with van der Waals surface area (Å²) in [4.78, 5) is 1.11. The molecule has 5 nitrogen and oxygen atoms in total. The van der Waals surface area contributed by atoms with E-state index < -0.39 is 11.9 Å². The van der Waals surface area contributed by atoms with Gasteiger partial charge in [0.25, 0.3) is 0 Å². The van der Waals surface area contributed by atoms with E-state index in [1.807, 2.05) is 30.3 Å². The maximum Gasteiger partial charge on any atom is 0.205 e. The summed E-state index contributed by atoms with van der Waals surface area (Å²) in [6.07, 6.45) is -0.832. The highest BCUT2D eigenvalue weighted by Gasteiger charge is 2.17. The van der Waals surface area contributed by atoms with E-state index in [-0.39, 0.29) is 5.69 Å². The average molecular weight is 284 g/mol. The number of hydrogen-bond acceptors (Lipinski definition) is 4. The van der Waals surface area contributed by atoms with Crippen molar-refractivity contribution in [2.75, 3.05) is 0 Å². The number of aromatic nitrogens is 4.